The molecule has 104 valence electrons. The fourth-order valence-corrected chi connectivity index (χ4v) is 3.04. The Balaban J connectivity index is 2.45. The molecule has 0 aromatic rings. The van der Waals surface area contributed by atoms with E-state index in [1.165, 1.54) is 0 Å². The summed E-state index contributed by atoms with van der Waals surface area (Å²) in [5.41, 5.74) is 0. The van der Waals surface area contributed by atoms with E-state index >= 15 is 0 Å². The first-order valence-electron chi connectivity index (χ1n) is 6.31. The van der Waals surface area contributed by atoms with Crippen LogP contribution in [-0.4, -0.2) is 39.2 Å². The van der Waals surface area contributed by atoms with Crippen LogP contribution in [0.2, 0.25) is 0 Å². The summed E-state index contributed by atoms with van der Waals surface area (Å²) < 4.78 is 11.2. The monoisotopic (exact) mass is 275 g/mol. The number of rotatable bonds is 6. The minimum atomic E-state index is -0.900. The number of carbonyl (C=O) groups is 2. The molecule has 4 atom stereocenters. The predicted molar refractivity (Wildman–Crippen MR) is 69.6 cm³/mol. The van der Waals surface area contributed by atoms with E-state index in [4.69, 9.17) is 5.11 Å². The third-order valence-electron chi connectivity index (χ3n) is 3.40. The van der Waals surface area contributed by atoms with Gasteiger partial charge in [0.25, 0.3) is 0 Å². The van der Waals surface area contributed by atoms with Gasteiger partial charge >= 0.3 is 5.97 Å². The first-order chi connectivity index (χ1) is 8.45. The van der Waals surface area contributed by atoms with Gasteiger partial charge in [-0.15, -0.1) is 0 Å². The van der Waals surface area contributed by atoms with Gasteiger partial charge in [0.1, 0.15) is 0 Å². The van der Waals surface area contributed by atoms with E-state index in [-0.39, 0.29) is 11.8 Å². The fraction of sp³-hybridized carbons (Fsp3) is 0.833. The van der Waals surface area contributed by atoms with Crippen LogP contribution in [0.15, 0.2) is 0 Å². The van der Waals surface area contributed by atoms with Crippen molar-refractivity contribution >= 4 is 22.7 Å². The van der Waals surface area contributed by atoms with Gasteiger partial charge in [-0.3, -0.25) is 13.8 Å². The Labute approximate surface area is 110 Å². The molecule has 0 heterocycles. The summed E-state index contributed by atoms with van der Waals surface area (Å²) in [4.78, 5) is 23.0. The number of nitrogens with one attached hydrogen (secondary N) is 1. The van der Waals surface area contributed by atoms with Gasteiger partial charge in [-0.2, -0.15) is 0 Å². The summed E-state index contributed by atoms with van der Waals surface area (Å²) in [7, 11) is -0.900. The van der Waals surface area contributed by atoms with Crippen LogP contribution in [-0.2, 0) is 20.4 Å². The summed E-state index contributed by atoms with van der Waals surface area (Å²) in [5, 5.41) is 11.8. The maximum Gasteiger partial charge on any atom is 0.307 e. The molecule has 1 aliphatic rings. The molecule has 18 heavy (non-hydrogen) atoms. The van der Waals surface area contributed by atoms with Gasteiger partial charge in [-0.05, 0) is 18.8 Å². The van der Waals surface area contributed by atoms with E-state index in [9.17, 15) is 13.8 Å². The number of amides is 1. The zero-order valence-electron chi connectivity index (χ0n) is 10.8. The molecule has 4 unspecified atom stereocenters. The molecule has 1 saturated carbocycles. The Kier molecular flexibility index (Phi) is 5.78. The lowest BCUT2D eigenvalue weighted by Crippen LogP contribution is -2.37. The number of carboxylic acids is 1. The van der Waals surface area contributed by atoms with Crippen molar-refractivity contribution < 1.29 is 18.9 Å². The molecule has 1 amide bonds. The Morgan fingerprint density at radius 3 is 2.50 bits per heavy atom. The average Bonchev–Trinajstić information content (AvgIpc) is 2.71. The summed E-state index contributed by atoms with van der Waals surface area (Å²) in [5.74, 6) is -0.830. The molecule has 0 bridgehead atoms. The Morgan fingerprint density at radius 1 is 1.33 bits per heavy atom. The van der Waals surface area contributed by atoms with Crippen LogP contribution in [0.25, 0.3) is 0 Å². The molecule has 6 heteroatoms. The van der Waals surface area contributed by atoms with Gasteiger partial charge in [-0.25, -0.2) is 0 Å². The third-order valence-corrected chi connectivity index (χ3v) is 4.71. The Hall–Kier alpha value is -0.910. The quantitative estimate of drug-likeness (QED) is 0.744. The highest BCUT2D eigenvalue weighted by molar-refractivity contribution is 7.84. The molecule has 0 aliphatic heterocycles. The summed E-state index contributed by atoms with van der Waals surface area (Å²) in [6.45, 7) is 4.16. The second-order valence-electron chi connectivity index (χ2n) is 4.85. The van der Waals surface area contributed by atoms with Crippen molar-refractivity contribution in [1.29, 1.82) is 0 Å². The molecule has 0 saturated heterocycles. The van der Waals surface area contributed by atoms with E-state index in [1.807, 2.05) is 13.8 Å². The van der Waals surface area contributed by atoms with Crippen molar-refractivity contribution in [2.24, 2.45) is 17.8 Å². The highest BCUT2D eigenvalue weighted by Gasteiger charge is 2.40. The van der Waals surface area contributed by atoms with Crippen molar-refractivity contribution in [3.05, 3.63) is 0 Å². The van der Waals surface area contributed by atoms with E-state index in [1.54, 1.807) is 0 Å². The topological polar surface area (TPSA) is 83.5 Å². The lowest BCUT2D eigenvalue weighted by Gasteiger charge is -2.15. The molecule has 5 nitrogen and oxygen atoms in total. The van der Waals surface area contributed by atoms with Gasteiger partial charge in [-0.1, -0.05) is 13.8 Å². The van der Waals surface area contributed by atoms with Crippen molar-refractivity contribution in [2.45, 2.75) is 26.7 Å². The minimum Gasteiger partial charge on any atom is -0.481 e. The molecule has 0 spiro atoms. The van der Waals surface area contributed by atoms with Gasteiger partial charge in [0, 0.05) is 28.9 Å². The maximum atomic E-state index is 11.9. The van der Waals surface area contributed by atoms with E-state index in [0.717, 1.165) is 0 Å². The predicted octanol–water partition coefficient (Wildman–Crippen LogP) is 0.618. The van der Waals surface area contributed by atoms with Gasteiger partial charge < -0.3 is 10.4 Å². The minimum absolute atomic E-state index is 0.208. The second-order valence-corrected chi connectivity index (χ2v) is 6.72. The molecular weight excluding hydrogens is 254 g/mol. The first-order valence-corrected chi connectivity index (χ1v) is 7.80. The zero-order valence-corrected chi connectivity index (χ0v) is 11.7. The van der Waals surface area contributed by atoms with Crippen LogP contribution in [0.5, 0.6) is 0 Å². The van der Waals surface area contributed by atoms with E-state index in [2.05, 4.69) is 5.32 Å². The van der Waals surface area contributed by atoms with Crippen LogP contribution in [0.1, 0.15) is 26.7 Å². The van der Waals surface area contributed by atoms with Crippen molar-refractivity contribution in [2.75, 3.05) is 18.1 Å². The maximum absolute atomic E-state index is 11.9. The smallest absolute Gasteiger partial charge is 0.307 e. The number of carboxylic acid groups (broad SMARTS) is 1. The van der Waals surface area contributed by atoms with Crippen LogP contribution in [0, 0.1) is 17.8 Å². The standard InChI is InChI=1S/C12H21NO4S/c1-3-18(17)5-4-13-11(14)9-6-8(2)7-10(9)12(15)16/h8-10H,3-7H2,1-2H3,(H,13,14)(H,15,16). The Bertz CT molecular complexity index is 345. The van der Waals surface area contributed by atoms with Crippen molar-refractivity contribution in [3.8, 4) is 0 Å². The summed E-state index contributed by atoms with van der Waals surface area (Å²) in [6.07, 6.45) is 1.19. The van der Waals surface area contributed by atoms with Gasteiger partial charge in [0.05, 0.1) is 11.8 Å². The molecule has 0 aromatic carbocycles. The van der Waals surface area contributed by atoms with E-state index in [0.29, 0.717) is 30.9 Å². The summed E-state index contributed by atoms with van der Waals surface area (Å²) >= 11 is 0. The van der Waals surface area contributed by atoms with Crippen LogP contribution >= 0.6 is 0 Å². The number of carbonyl (C=O) groups excluding carboxylic acids is 1. The molecule has 1 fully saturated rings. The lowest BCUT2D eigenvalue weighted by atomic mass is 9.95. The normalized spacial score (nSPS) is 28.9. The SMILES string of the molecule is CCS(=O)CCNC(=O)C1CC(C)CC1C(=O)O. The molecule has 0 aromatic heterocycles. The fourth-order valence-electron chi connectivity index (χ4n) is 2.42. The molecule has 1 aliphatic carbocycles. The summed E-state index contributed by atoms with van der Waals surface area (Å²) in [6, 6.07) is 0. The zero-order chi connectivity index (χ0) is 13.7. The highest BCUT2D eigenvalue weighted by Crippen LogP contribution is 2.36. The third kappa shape index (κ3) is 4.08. The Morgan fingerprint density at radius 2 is 1.94 bits per heavy atom. The van der Waals surface area contributed by atoms with Gasteiger partial charge in [0.2, 0.25) is 5.91 Å². The number of aliphatic carboxylic acids is 1. The molecular formula is C12H21NO4S. The van der Waals surface area contributed by atoms with Gasteiger partial charge in [0.15, 0.2) is 0 Å². The van der Waals surface area contributed by atoms with Crippen LogP contribution in [0.4, 0.5) is 0 Å². The highest BCUT2D eigenvalue weighted by atomic mass is 32.2. The van der Waals surface area contributed by atoms with Crippen molar-refractivity contribution in [1.82, 2.24) is 5.32 Å². The lowest BCUT2D eigenvalue weighted by molar-refractivity contribution is -0.146. The molecule has 0 radical (unpaired) electrons. The number of hydrogen-bond acceptors (Lipinski definition) is 3. The number of hydrogen-bond donors (Lipinski definition) is 2. The molecule has 1 rings (SSSR count). The first kappa shape index (κ1) is 15.1. The molecule has 2 N–H and O–H groups in total. The van der Waals surface area contributed by atoms with Crippen LogP contribution < -0.4 is 5.32 Å². The largest absolute Gasteiger partial charge is 0.481 e. The van der Waals surface area contributed by atoms with E-state index < -0.39 is 28.6 Å². The average molecular weight is 275 g/mol. The van der Waals surface area contributed by atoms with Crippen molar-refractivity contribution in [3.63, 3.8) is 0 Å². The van der Waals surface area contributed by atoms with Crippen LogP contribution in [0.3, 0.4) is 0 Å². The second kappa shape index (κ2) is 6.87.